The molecule has 0 fully saturated rings. The monoisotopic (exact) mass is 194 g/mol. The van der Waals surface area contributed by atoms with Gasteiger partial charge in [0.1, 0.15) is 0 Å². The Balaban J connectivity index is 0. The van der Waals surface area contributed by atoms with Crippen LogP contribution in [0.15, 0.2) is 0 Å². The third-order valence-electron chi connectivity index (χ3n) is 1.43. The van der Waals surface area contributed by atoms with Crippen molar-refractivity contribution in [1.29, 1.82) is 0 Å². The molecule has 2 nitrogen and oxygen atoms in total. The predicted molar refractivity (Wildman–Crippen MR) is 56.0 cm³/mol. The van der Waals surface area contributed by atoms with Gasteiger partial charge >= 0.3 is 0 Å². The Morgan fingerprint density at radius 3 is 1.45 bits per heavy atom. The molecular formula is C7H22O2Si2. The van der Waals surface area contributed by atoms with Crippen LogP contribution >= 0.6 is 0 Å². The van der Waals surface area contributed by atoms with E-state index in [9.17, 15) is 0 Å². The van der Waals surface area contributed by atoms with Gasteiger partial charge in [0, 0.05) is 0 Å². The van der Waals surface area contributed by atoms with Crippen LogP contribution in [-0.4, -0.2) is 22.1 Å². The van der Waals surface area contributed by atoms with Crippen molar-refractivity contribution in [3.63, 3.8) is 0 Å². The molecule has 0 radical (unpaired) electrons. The zero-order chi connectivity index (χ0) is 8.41. The molecule has 0 heterocycles. The highest BCUT2D eigenvalue weighted by Crippen LogP contribution is 2.16. The molecule has 0 aromatic rings. The van der Waals surface area contributed by atoms with E-state index >= 15 is 0 Å². The maximum absolute atomic E-state index is 6.05. The summed E-state index contributed by atoms with van der Waals surface area (Å²) in [6, 6.07) is 1.23. The van der Waals surface area contributed by atoms with Gasteiger partial charge in [-0.05, 0) is 38.8 Å². The molecule has 0 amide bonds. The maximum Gasteiger partial charge on any atom is 0.173 e. The van der Waals surface area contributed by atoms with E-state index in [0.29, 0.717) is 0 Å². The average molecular weight is 194 g/mol. The lowest BCUT2D eigenvalue weighted by Gasteiger charge is -2.30. The van der Waals surface area contributed by atoms with Crippen LogP contribution in [0.2, 0.25) is 38.8 Å². The first-order chi connectivity index (χ1) is 4.27. The highest BCUT2D eigenvalue weighted by atomic mass is 28.4. The second-order valence-corrected chi connectivity index (χ2v) is 13.6. The third kappa shape index (κ3) is 8.26. The van der Waals surface area contributed by atoms with Crippen LogP contribution in [0.25, 0.3) is 0 Å². The minimum absolute atomic E-state index is 0. The fourth-order valence-electron chi connectivity index (χ4n) is 0.901. The van der Waals surface area contributed by atoms with Gasteiger partial charge in [-0.25, -0.2) is 0 Å². The van der Waals surface area contributed by atoms with Gasteiger partial charge in [-0.3, -0.25) is 0 Å². The van der Waals surface area contributed by atoms with E-state index in [1.807, 2.05) is 0 Å². The van der Waals surface area contributed by atoms with Gasteiger partial charge in [0.15, 0.2) is 16.6 Å². The highest BCUT2D eigenvalue weighted by Gasteiger charge is 2.27. The molecule has 0 aromatic carbocycles. The molecule has 0 saturated heterocycles. The molecular weight excluding hydrogens is 172 g/mol. The van der Waals surface area contributed by atoms with E-state index in [2.05, 4.69) is 39.7 Å². The van der Waals surface area contributed by atoms with E-state index in [0.717, 1.165) is 0 Å². The average Bonchev–Trinajstić information content (AvgIpc) is 1.60. The Bertz CT molecular complexity index is 107. The van der Waals surface area contributed by atoms with Crippen LogP contribution in [0.5, 0.6) is 0 Å². The lowest BCUT2D eigenvalue weighted by atomic mass is 11.0. The first-order valence-corrected chi connectivity index (χ1v) is 10.5. The zero-order valence-corrected chi connectivity index (χ0v) is 10.6. The number of rotatable bonds is 3. The van der Waals surface area contributed by atoms with Crippen LogP contribution in [0.3, 0.4) is 0 Å². The summed E-state index contributed by atoms with van der Waals surface area (Å²) in [5.74, 6) is 0. The molecule has 0 aliphatic rings. The van der Waals surface area contributed by atoms with Crippen molar-refractivity contribution in [3.8, 4) is 0 Å². The van der Waals surface area contributed by atoms with E-state index < -0.39 is 16.6 Å². The van der Waals surface area contributed by atoms with Crippen molar-refractivity contribution >= 4 is 16.6 Å². The fraction of sp³-hybridized carbons (Fsp3) is 1.00. The summed E-state index contributed by atoms with van der Waals surface area (Å²) in [5, 5.41) is 0. The molecule has 11 heavy (non-hydrogen) atoms. The number of hydrogen-bond acceptors (Lipinski definition) is 1. The summed E-state index contributed by atoms with van der Waals surface area (Å²) in [6.45, 7) is 13.6. The van der Waals surface area contributed by atoms with Crippen molar-refractivity contribution in [2.75, 3.05) is 0 Å². The molecule has 0 aromatic heterocycles. The molecule has 0 aliphatic carbocycles. The normalized spacial score (nSPS) is 12.5. The predicted octanol–water partition coefficient (Wildman–Crippen LogP) is 2.24. The molecule has 0 bridgehead atoms. The van der Waals surface area contributed by atoms with Crippen molar-refractivity contribution in [3.05, 3.63) is 0 Å². The summed E-state index contributed by atoms with van der Waals surface area (Å²) in [4.78, 5) is 0. The Hall–Kier alpha value is 0.354. The molecule has 0 saturated carbocycles. The Labute approximate surface area is 72.5 Å². The van der Waals surface area contributed by atoms with Crippen LogP contribution < -0.4 is 0 Å². The Morgan fingerprint density at radius 1 is 1.00 bits per heavy atom. The van der Waals surface area contributed by atoms with Gasteiger partial charge in [0.05, 0.1) is 0 Å². The first kappa shape index (κ1) is 13.9. The minimum Gasteiger partial charge on any atom is -0.456 e. The molecule has 2 N–H and O–H groups in total. The SMILES string of the molecule is CC[Si](C)(C)O[Si](C)(C)C.O. The van der Waals surface area contributed by atoms with Gasteiger partial charge in [-0.15, -0.1) is 0 Å². The summed E-state index contributed by atoms with van der Waals surface area (Å²) < 4.78 is 6.05. The van der Waals surface area contributed by atoms with Crippen LogP contribution in [0.1, 0.15) is 6.92 Å². The van der Waals surface area contributed by atoms with Crippen LogP contribution in [0, 0.1) is 0 Å². The van der Waals surface area contributed by atoms with Crippen molar-refractivity contribution in [1.82, 2.24) is 0 Å². The molecule has 0 aliphatic heterocycles. The van der Waals surface area contributed by atoms with E-state index in [-0.39, 0.29) is 5.48 Å². The third-order valence-corrected chi connectivity index (χ3v) is 7.80. The highest BCUT2D eigenvalue weighted by molar-refractivity contribution is 6.84. The summed E-state index contributed by atoms with van der Waals surface area (Å²) in [5.41, 5.74) is 0. The standard InChI is InChI=1S/C7H20OSi2.H2O/c1-7-10(5,6)8-9(2,3)4;/h7H2,1-6H3;1H2. The van der Waals surface area contributed by atoms with Crippen LogP contribution in [-0.2, 0) is 4.12 Å². The second kappa shape index (κ2) is 4.40. The smallest absolute Gasteiger partial charge is 0.173 e. The second-order valence-electron chi connectivity index (χ2n) is 4.33. The lowest BCUT2D eigenvalue weighted by molar-refractivity contribution is 0.550. The molecule has 70 valence electrons. The lowest BCUT2D eigenvalue weighted by Crippen LogP contribution is -2.41. The van der Waals surface area contributed by atoms with Gasteiger partial charge < -0.3 is 9.59 Å². The van der Waals surface area contributed by atoms with Gasteiger partial charge in [0.25, 0.3) is 0 Å². The Kier molecular flexibility index (Phi) is 5.56. The summed E-state index contributed by atoms with van der Waals surface area (Å²) >= 11 is 0. The van der Waals surface area contributed by atoms with Crippen molar-refractivity contribution < 1.29 is 9.59 Å². The quantitative estimate of drug-likeness (QED) is 0.635. The van der Waals surface area contributed by atoms with E-state index in [4.69, 9.17) is 4.12 Å². The molecule has 0 spiro atoms. The summed E-state index contributed by atoms with van der Waals surface area (Å²) in [6.07, 6.45) is 0. The zero-order valence-electron chi connectivity index (χ0n) is 8.62. The summed E-state index contributed by atoms with van der Waals surface area (Å²) in [7, 11) is -2.50. The number of hydrogen-bond donors (Lipinski definition) is 0. The van der Waals surface area contributed by atoms with Gasteiger partial charge in [-0.1, -0.05) is 6.92 Å². The Morgan fingerprint density at radius 2 is 1.36 bits per heavy atom. The maximum atomic E-state index is 6.05. The van der Waals surface area contributed by atoms with E-state index in [1.165, 1.54) is 6.04 Å². The largest absolute Gasteiger partial charge is 0.456 e. The fourth-order valence-corrected chi connectivity index (χ4v) is 8.11. The van der Waals surface area contributed by atoms with Crippen molar-refractivity contribution in [2.24, 2.45) is 0 Å². The molecule has 0 unspecified atom stereocenters. The van der Waals surface area contributed by atoms with Gasteiger partial charge in [0.2, 0.25) is 0 Å². The topological polar surface area (TPSA) is 40.7 Å². The minimum atomic E-state index is -1.25. The molecule has 4 heteroatoms. The van der Waals surface area contributed by atoms with E-state index in [1.54, 1.807) is 0 Å². The molecule has 0 atom stereocenters. The molecule has 0 rings (SSSR count). The van der Waals surface area contributed by atoms with Crippen LogP contribution in [0.4, 0.5) is 0 Å². The first-order valence-electron chi connectivity index (χ1n) is 3.97. The van der Waals surface area contributed by atoms with Gasteiger partial charge in [-0.2, -0.15) is 0 Å². The van der Waals surface area contributed by atoms with Crippen molar-refractivity contribution in [2.45, 2.75) is 45.7 Å².